The van der Waals surface area contributed by atoms with E-state index >= 15 is 0 Å². The summed E-state index contributed by atoms with van der Waals surface area (Å²) in [6.45, 7) is 5.84. The molecule has 0 amide bonds. The van der Waals surface area contributed by atoms with Gasteiger partial charge in [0.2, 0.25) is 12.4 Å². The fraction of sp³-hybridized carbons (Fsp3) is 0.632. The average Bonchev–Trinajstić information content (AvgIpc) is 2.63. The smallest absolute Gasteiger partial charge is 0.333 e. The molecule has 0 aliphatic carbocycles. The predicted molar refractivity (Wildman–Crippen MR) is 98.8 cm³/mol. The normalized spacial score (nSPS) is 25.3. The van der Waals surface area contributed by atoms with E-state index in [1.54, 1.807) is 6.92 Å². The number of ether oxygens (including phenoxy) is 7. The van der Waals surface area contributed by atoms with Crippen LogP contribution in [0.4, 0.5) is 0 Å². The van der Waals surface area contributed by atoms with Crippen LogP contribution in [-0.2, 0) is 57.1 Å². The first kappa shape index (κ1) is 25.9. The van der Waals surface area contributed by atoms with Crippen molar-refractivity contribution in [1.82, 2.24) is 0 Å². The third-order valence-corrected chi connectivity index (χ3v) is 3.65. The van der Waals surface area contributed by atoms with Crippen molar-refractivity contribution in [1.29, 1.82) is 0 Å². The molecule has 0 N–H and O–H groups in total. The number of hydrogen-bond donors (Lipinski definition) is 0. The van der Waals surface area contributed by atoms with Crippen LogP contribution in [0.5, 0.6) is 0 Å². The first-order chi connectivity index (χ1) is 14.5. The van der Waals surface area contributed by atoms with Crippen LogP contribution in [0.3, 0.4) is 0 Å². The molecule has 1 fully saturated rings. The van der Waals surface area contributed by atoms with Crippen molar-refractivity contribution in [3.63, 3.8) is 0 Å². The van der Waals surface area contributed by atoms with Gasteiger partial charge in [-0.1, -0.05) is 0 Å². The van der Waals surface area contributed by atoms with Gasteiger partial charge in [-0.05, 0) is 6.92 Å². The SMILES string of the molecule is CCOC(=O)/C=C/O[C@H]1O[C@H](COC(C)=O)[C@H](OC(C)=O)[C@H](OC(C)=O)[C@H]1OC(C)=O. The van der Waals surface area contributed by atoms with Crippen molar-refractivity contribution in [3.8, 4) is 0 Å². The Bertz CT molecular complexity index is 700. The highest BCUT2D eigenvalue weighted by atomic mass is 16.7. The summed E-state index contributed by atoms with van der Waals surface area (Å²) < 4.78 is 36.3. The molecule has 1 aliphatic rings. The molecular formula is C19H26O12. The van der Waals surface area contributed by atoms with Crippen LogP contribution in [0.1, 0.15) is 34.6 Å². The maximum absolute atomic E-state index is 11.7. The Kier molecular flexibility index (Phi) is 10.5. The summed E-state index contributed by atoms with van der Waals surface area (Å²) in [7, 11) is 0. The lowest BCUT2D eigenvalue weighted by atomic mass is 9.98. The molecule has 5 atom stereocenters. The van der Waals surface area contributed by atoms with Gasteiger partial charge in [0.15, 0.2) is 12.2 Å². The number of carbonyl (C=O) groups excluding carboxylic acids is 5. The highest BCUT2D eigenvalue weighted by Gasteiger charge is 2.53. The van der Waals surface area contributed by atoms with E-state index in [1.165, 1.54) is 0 Å². The van der Waals surface area contributed by atoms with Gasteiger partial charge in [-0.2, -0.15) is 0 Å². The van der Waals surface area contributed by atoms with Gasteiger partial charge < -0.3 is 33.2 Å². The molecule has 0 saturated carbocycles. The lowest BCUT2D eigenvalue weighted by molar-refractivity contribution is -0.297. The highest BCUT2D eigenvalue weighted by molar-refractivity contribution is 5.81. The van der Waals surface area contributed by atoms with Crippen molar-refractivity contribution < 1.29 is 57.1 Å². The van der Waals surface area contributed by atoms with E-state index in [2.05, 4.69) is 0 Å². The molecule has 0 unspecified atom stereocenters. The molecule has 0 aromatic rings. The molecule has 1 aliphatic heterocycles. The molecule has 0 aromatic heterocycles. The van der Waals surface area contributed by atoms with E-state index in [4.69, 9.17) is 33.2 Å². The number of esters is 5. The summed E-state index contributed by atoms with van der Waals surface area (Å²) in [6, 6.07) is 0. The quantitative estimate of drug-likeness (QED) is 0.205. The Morgan fingerprint density at radius 1 is 0.774 bits per heavy atom. The maximum Gasteiger partial charge on any atom is 0.333 e. The first-order valence-electron chi connectivity index (χ1n) is 9.34. The fourth-order valence-electron chi connectivity index (χ4n) is 2.66. The van der Waals surface area contributed by atoms with Crippen LogP contribution in [0.25, 0.3) is 0 Å². The van der Waals surface area contributed by atoms with Crippen molar-refractivity contribution in [2.75, 3.05) is 13.2 Å². The second-order valence-electron chi connectivity index (χ2n) is 6.26. The summed E-state index contributed by atoms with van der Waals surface area (Å²) >= 11 is 0. The minimum absolute atomic E-state index is 0.141. The molecule has 0 radical (unpaired) electrons. The molecule has 1 saturated heterocycles. The van der Waals surface area contributed by atoms with Gasteiger partial charge in [0, 0.05) is 27.7 Å². The number of hydrogen-bond acceptors (Lipinski definition) is 12. The van der Waals surface area contributed by atoms with Gasteiger partial charge in [0.25, 0.3) is 0 Å². The molecule has 12 nitrogen and oxygen atoms in total. The second-order valence-corrected chi connectivity index (χ2v) is 6.26. The molecule has 12 heteroatoms. The zero-order valence-corrected chi connectivity index (χ0v) is 17.9. The summed E-state index contributed by atoms with van der Waals surface area (Å²) in [5.74, 6) is -3.63. The second kappa shape index (κ2) is 12.5. The lowest BCUT2D eigenvalue weighted by Gasteiger charge is -2.43. The highest BCUT2D eigenvalue weighted by Crippen LogP contribution is 2.30. The van der Waals surface area contributed by atoms with Gasteiger partial charge in [-0.15, -0.1) is 0 Å². The molecule has 1 rings (SSSR count). The van der Waals surface area contributed by atoms with Crippen molar-refractivity contribution >= 4 is 29.8 Å². The predicted octanol–water partition coefficient (Wildman–Crippen LogP) is 0.163. The van der Waals surface area contributed by atoms with E-state index in [-0.39, 0.29) is 13.2 Å². The Morgan fingerprint density at radius 2 is 1.32 bits per heavy atom. The zero-order valence-electron chi connectivity index (χ0n) is 17.9. The van der Waals surface area contributed by atoms with E-state index in [0.29, 0.717) is 0 Å². The van der Waals surface area contributed by atoms with E-state index in [9.17, 15) is 24.0 Å². The average molecular weight is 446 g/mol. The topological polar surface area (TPSA) is 150 Å². The van der Waals surface area contributed by atoms with Crippen LogP contribution in [0.2, 0.25) is 0 Å². The first-order valence-corrected chi connectivity index (χ1v) is 9.34. The van der Waals surface area contributed by atoms with Crippen molar-refractivity contribution in [2.45, 2.75) is 65.3 Å². The van der Waals surface area contributed by atoms with Crippen LogP contribution in [0.15, 0.2) is 12.3 Å². The largest absolute Gasteiger partial charge is 0.468 e. The monoisotopic (exact) mass is 446 g/mol. The molecule has 0 aromatic carbocycles. The molecule has 0 bridgehead atoms. The minimum Gasteiger partial charge on any atom is -0.468 e. The third-order valence-electron chi connectivity index (χ3n) is 3.65. The minimum atomic E-state index is -1.41. The van der Waals surface area contributed by atoms with Gasteiger partial charge in [-0.3, -0.25) is 19.2 Å². The Hall–Kier alpha value is -3.15. The summed E-state index contributed by atoms with van der Waals surface area (Å²) in [6.07, 6.45) is -4.70. The fourth-order valence-corrected chi connectivity index (χ4v) is 2.66. The van der Waals surface area contributed by atoms with Crippen molar-refractivity contribution in [2.24, 2.45) is 0 Å². The zero-order chi connectivity index (χ0) is 23.6. The van der Waals surface area contributed by atoms with Gasteiger partial charge in [0.1, 0.15) is 12.7 Å². The van der Waals surface area contributed by atoms with Gasteiger partial charge in [0.05, 0.1) is 18.9 Å². The Balaban J connectivity index is 3.26. The van der Waals surface area contributed by atoms with Crippen LogP contribution < -0.4 is 0 Å². The van der Waals surface area contributed by atoms with E-state index < -0.39 is 60.6 Å². The van der Waals surface area contributed by atoms with Gasteiger partial charge in [-0.25, -0.2) is 4.79 Å². The number of rotatable bonds is 9. The van der Waals surface area contributed by atoms with Crippen LogP contribution >= 0.6 is 0 Å². The summed E-state index contributed by atoms with van der Waals surface area (Å²) in [5.41, 5.74) is 0. The van der Waals surface area contributed by atoms with E-state index in [0.717, 1.165) is 40.0 Å². The molecular weight excluding hydrogens is 420 g/mol. The summed E-state index contributed by atoms with van der Waals surface area (Å²) in [5, 5.41) is 0. The van der Waals surface area contributed by atoms with Gasteiger partial charge >= 0.3 is 29.8 Å². The molecule has 174 valence electrons. The maximum atomic E-state index is 11.7. The lowest BCUT2D eigenvalue weighted by Crippen LogP contribution is -2.62. The Morgan fingerprint density at radius 3 is 1.84 bits per heavy atom. The van der Waals surface area contributed by atoms with Crippen molar-refractivity contribution in [3.05, 3.63) is 12.3 Å². The van der Waals surface area contributed by atoms with Crippen LogP contribution in [-0.4, -0.2) is 73.8 Å². The third kappa shape index (κ3) is 9.03. The number of carbonyl (C=O) groups is 5. The van der Waals surface area contributed by atoms with Crippen LogP contribution in [0, 0.1) is 0 Å². The summed E-state index contributed by atoms with van der Waals surface area (Å²) in [4.78, 5) is 57.7. The standard InChI is InChI=1S/C19H26O12/c1-6-25-15(24)7-8-26-19-18(30-13(5)23)17(29-12(4)22)16(28-11(3)21)14(31-19)9-27-10(2)20/h7-8,14,16-19H,6,9H2,1-5H3/b8-7+/t14-,16+,17+,18-,19+/m1/s1. The Labute approximate surface area is 178 Å². The molecule has 31 heavy (non-hydrogen) atoms. The molecule has 0 spiro atoms. The molecule has 1 heterocycles. The van der Waals surface area contributed by atoms with E-state index in [1.807, 2.05) is 0 Å².